The first-order valence-electron chi connectivity index (χ1n) is 10.5. The molecule has 2 aromatic carbocycles. The number of hydrogen-bond acceptors (Lipinski definition) is 6. The summed E-state index contributed by atoms with van der Waals surface area (Å²) in [7, 11) is -2.79. The smallest absolute Gasteiger partial charge is 0.392 e. The Morgan fingerprint density at radius 1 is 1.14 bits per heavy atom. The highest BCUT2D eigenvalue weighted by Gasteiger charge is 2.57. The first kappa shape index (κ1) is 23.9. The van der Waals surface area contributed by atoms with Crippen LogP contribution in [0.15, 0.2) is 69.0 Å². The van der Waals surface area contributed by atoms with E-state index in [1.165, 1.54) is 49.8 Å². The van der Waals surface area contributed by atoms with Gasteiger partial charge in [-0.3, -0.25) is 14.1 Å². The minimum absolute atomic E-state index is 0.00165. The number of methoxy groups -OCH3 is 1. The zero-order valence-corrected chi connectivity index (χ0v) is 19.2. The highest BCUT2D eigenvalue weighted by Crippen LogP contribution is 2.57. The zero-order chi connectivity index (χ0) is 25.8. The van der Waals surface area contributed by atoms with Crippen LogP contribution >= 0.6 is 0 Å². The first-order chi connectivity index (χ1) is 17.0. The summed E-state index contributed by atoms with van der Waals surface area (Å²) in [6, 6.07) is 9.93. The van der Waals surface area contributed by atoms with E-state index in [1.54, 1.807) is 0 Å². The number of anilines is 1. The van der Waals surface area contributed by atoms with E-state index in [0.717, 1.165) is 16.7 Å². The number of rotatable bonds is 6. The van der Waals surface area contributed by atoms with Gasteiger partial charge in [0, 0.05) is 23.6 Å². The average molecular weight is 523 g/mol. The number of halogens is 4. The van der Waals surface area contributed by atoms with Crippen LogP contribution in [-0.2, 0) is 10.0 Å². The van der Waals surface area contributed by atoms with E-state index < -0.39 is 39.4 Å². The van der Waals surface area contributed by atoms with Crippen molar-refractivity contribution in [3.8, 4) is 11.4 Å². The van der Waals surface area contributed by atoms with Crippen molar-refractivity contribution in [3.05, 3.63) is 76.5 Å². The second-order valence-electron chi connectivity index (χ2n) is 8.25. The van der Waals surface area contributed by atoms with E-state index in [4.69, 9.17) is 4.74 Å². The number of sulfonamides is 1. The van der Waals surface area contributed by atoms with Crippen LogP contribution in [0.2, 0.25) is 0 Å². The number of benzene rings is 2. The molecule has 1 fully saturated rings. The van der Waals surface area contributed by atoms with Gasteiger partial charge in [-0.25, -0.2) is 12.8 Å². The maximum Gasteiger partial charge on any atom is 0.392 e. The molecule has 8 nitrogen and oxygen atoms in total. The van der Waals surface area contributed by atoms with E-state index in [9.17, 15) is 30.8 Å². The molecule has 4 aromatic rings. The predicted molar refractivity (Wildman–Crippen MR) is 120 cm³/mol. The molecule has 2 atom stereocenters. The quantitative estimate of drug-likeness (QED) is 0.371. The Kier molecular flexibility index (Phi) is 5.54. The number of hydrogen-bond donors (Lipinski definition) is 1. The van der Waals surface area contributed by atoms with Crippen molar-refractivity contribution >= 4 is 26.7 Å². The molecule has 1 aliphatic carbocycles. The molecule has 0 bridgehead atoms. The SMILES string of the molecule is COc1cc([C@@H]2C[C@H]2C(F)(F)F)c(F)cc1-n1c(=O)ccc2cc(S(=O)(=O)Nc3ccon3)ccc21. The number of nitrogens with one attached hydrogen (secondary N) is 1. The van der Waals surface area contributed by atoms with E-state index in [2.05, 4.69) is 14.4 Å². The minimum Gasteiger partial charge on any atom is -0.495 e. The number of alkyl halides is 3. The maximum absolute atomic E-state index is 15.0. The molecule has 1 N–H and O–H groups in total. The molecule has 0 aliphatic heterocycles. The standard InChI is InChI=1S/C23H17F4N3O5S/c1-34-20-10-15(14-9-16(14)23(25,26)27)17(24)11-19(20)30-18-4-3-13(8-12(18)2-5-22(30)31)36(32,33)29-21-6-7-35-28-21/h2-8,10-11,14,16H,9H2,1H3,(H,28,29)/t14-,16+/m0/s1. The second kappa shape index (κ2) is 8.36. The minimum atomic E-state index is -4.43. The summed E-state index contributed by atoms with van der Waals surface area (Å²) in [6.07, 6.45) is -3.46. The average Bonchev–Trinajstić information content (AvgIpc) is 3.48. The largest absolute Gasteiger partial charge is 0.495 e. The fourth-order valence-corrected chi connectivity index (χ4v) is 5.21. The molecule has 2 aromatic heterocycles. The molecule has 1 aliphatic rings. The fourth-order valence-electron chi connectivity index (χ4n) is 4.18. The van der Waals surface area contributed by atoms with E-state index in [0.29, 0.717) is 5.39 Å². The fraction of sp³-hybridized carbons (Fsp3) is 0.217. The van der Waals surface area contributed by atoms with Crippen LogP contribution in [0.5, 0.6) is 5.75 Å². The Hall–Kier alpha value is -3.87. The van der Waals surface area contributed by atoms with Crippen LogP contribution in [0.3, 0.4) is 0 Å². The number of pyridine rings is 1. The Bertz CT molecular complexity index is 1630. The lowest BCUT2D eigenvalue weighted by Gasteiger charge is -2.16. The number of fused-ring (bicyclic) bond motifs is 1. The lowest BCUT2D eigenvalue weighted by Crippen LogP contribution is -2.19. The summed E-state index contributed by atoms with van der Waals surface area (Å²) in [5.41, 5.74) is -0.523. The number of aromatic nitrogens is 2. The van der Waals surface area contributed by atoms with Crippen molar-refractivity contribution in [1.29, 1.82) is 0 Å². The summed E-state index contributed by atoms with van der Waals surface area (Å²) in [4.78, 5) is 12.7. The summed E-state index contributed by atoms with van der Waals surface area (Å²) >= 11 is 0. The van der Waals surface area contributed by atoms with Crippen LogP contribution in [-0.4, -0.2) is 31.4 Å². The van der Waals surface area contributed by atoms with E-state index in [1.807, 2.05) is 0 Å². The normalized spacial score (nSPS) is 17.8. The molecule has 188 valence electrons. The molecule has 1 saturated carbocycles. The van der Waals surface area contributed by atoms with Gasteiger partial charge in [-0.2, -0.15) is 13.2 Å². The summed E-state index contributed by atoms with van der Waals surface area (Å²) in [5.74, 6) is -3.58. The lowest BCUT2D eigenvalue weighted by atomic mass is 10.1. The molecule has 36 heavy (non-hydrogen) atoms. The van der Waals surface area contributed by atoms with Gasteiger partial charge in [0.25, 0.3) is 15.6 Å². The summed E-state index contributed by atoms with van der Waals surface area (Å²) in [6.45, 7) is 0. The van der Waals surface area contributed by atoms with Crippen molar-refractivity contribution in [3.63, 3.8) is 0 Å². The van der Waals surface area contributed by atoms with Gasteiger partial charge >= 0.3 is 6.18 Å². The molecule has 2 heterocycles. The monoisotopic (exact) mass is 523 g/mol. The van der Waals surface area contributed by atoms with E-state index >= 15 is 0 Å². The topological polar surface area (TPSA) is 103 Å². The molecular weight excluding hydrogens is 506 g/mol. The van der Waals surface area contributed by atoms with Gasteiger partial charge in [0.2, 0.25) is 0 Å². The van der Waals surface area contributed by atoms with Crippen molar-refractivity contribution < 1.29 is 35.2 Å². The Morgan fingerprint density at radius 3 is 2.56 bits per heavy atom. The van der Waals surface area contributed by atoms with Gasteiger partial charge in [-0.1, -0.05) is 5.16 Å². The van der Waals surface area contributed by atoms with Crippen LogP contribution in [0, 0.1) is 11.7 Å². The van der Waals surface area contributed by atoms with Crippen molar-refractivity contribution in [1.82, 2.24) is 9.72 Å². The first-order valence-corrected chi connectivity index (χ1v) is 12.0. The Labute approximate surface area is 201 Å². The van der Waals surface area contributed by atoms with Gasteiger partial charge in [-0.15, -0.1) is 0 Å². The Balaban J connectivity index is 1.59. The third-order valence-electron chi connectivity index (χ3n) is 6.00. The van der Waals surface area contributed by atoms with Crippen molar-refractivity contribution in [2.75, 3.05) is 11.8 Å². The molecule has 0 unspecified atom stereocenters. The molecular formula is C23H17F4N3O5S. The third kappa shape index (κ3) is 4.19. The van der Waals surface area contributed by atoms with Gasteiger partial charge in [0.1, 0.15) is 17.8 Å². The van der Waals surface area contributed by atoms with Crippen LogP contribution in [0.1, 0.15) is 17.9 Å². The summed E-state index contributed by atoms with van der Waals surface area (Å²) in [5, 5.41) is 3.82. The lowest BCUT2D eigenvalue weighted by molar-refractivity contribution is -0.148. The second-order valence-corrected chi connectivity index (χ2v) is 9.94. The van der Waals surface area contributed by atoms with Gasteiger partial charge < -0.3 is 9.26 Å². The zero-order valence-electron chi connectivity index (χ0n) is 18.4. The van der Waals surface area contributed by atoms with Crippen molar-refractivity contribution in [2.24, 2.45) is 5.92 Å². The van der Waals surface area contributed by atoms with Crippen LogP contribution in [0.4, 0.5) is 23.4 Å². The van der Waals surface area contributed by atoms with Crippen LogP contribution < -0.4 is 15.0 Å². The molecule has 5 rings (SSSR count). The van der Waals surface area contributed by atoms with Gasteiger partial charge in [0.05, 0.1) is 29.1 Å². The van der Waals surface area contributed by atoms with Gasteiger partial charge in [-0.05, 0) is 48.2 Å². The summed E-state index contributed by atoms with van der Waals surface area (Å²) < 4.78 is 92.8. The molecule has 0 saturated heterocycles. The molecule has 0 spiro atoms. The number of ether oxygens (including phenoxy) is 1. The highest BCUT2D eigenvalue weighted by atomic mass is 32.2. The molecule has 13 heteroatoms. The molecule has 0 radical (unpaired) electrons. The van der Waals surface area contributed by atoms with Gasteiger partial charge in [0.15, 0.2) is 5.82 Å². The van der Waals surface area contributed by atoms with E-state index in [-0.39, 0.29) is 39.7 Å². The number of nitrogens with zero attached hydrogens (tertiary/aromatic N) is 2. The molecule has 0 amide bonds. The van der Waals surface area contributed by atoms with Crippen LogP contribution in [0.25, 0.3) is 16.6 Å². The maximum atomic E-state index is 15.0. The highest BCUT2D eigenvalue weighted by molar-refractivity contribution is 7.92. The Morgan fingerprint density at radius 2 is 1.92 bits per heavy atom. The van der Waals surface area contributed by atoms with Crippen molar-refractivity contribution in [2.45, 2.75) is 23.4 Å². The predicted octanol–water partition coefficient (Wildman–Crippen LogP) is 4.59. The third-order valence-corrected chi connectivity index (χ3v) is 7.35.